The Labute approximate surface area is 162 Å². The molecule has 2 unspecified atom stereocenters. The molecular formula is C20H23FN4O3. The first-order valence-corrected chi connectivity index (χ1v) is 9.49. The van der Waals surface area contributed by atoms with Crippen molar-refractivity contribution in [3.8, 4) is 0 Å². The Morgan fingerprint density at radius 2 is 1.93 bits per heavy atom. The van der Waals surface area contributed by atoms with E-state index in [9.17, 15) is 14.0 Å². The molecule has 8 heteroatoms. The third-order valence-corrected chi connectivity index (χ3v) is 5.35. The van der Waals surface area contributed by atoms with Crippen LogP contribution in [0.25, 0.3) is 0 Å². The summed E-state index contributed by atoms with van der Waals surface area (Å²) in [5, 5.41) is 6.46. The van der Waals surface area contributed by atoms with Gasteiger partial charge in [0, 0.05) is 38.2 Å². The normalized spacial score (nSPS) is 22.1. The summed E-state index contributed by atoms with van der Waals surface area (Å²) < 4.78 is 18.0. The summed E-state index contributed by atoms with van der Waals surface area (Å²) in [5.41, 5.74) is 1.03. The second kappa shape index (κ2) is 7.71. The minimum absolute atomic E-state index is 0.00397. The highest BCUT2D eigenvalue weighted by atomic mass is 19.1. The van der Waals surface area contributed by atoms with Crippen LogP contribution in [-0.4, -0.2) is 59.5 Å². The first kappa shape index (κ1) is 18.6. The number of hydrogen-bond donors (Lipinski definition) is 1. The molecule has 0 spiro atoms. The van der Waals surface area contributed by atoms with Gasteiger partial charge in [-0.1, -0.05) is 17.3 Å². The molecule has 2 fully saturated rings. The van der Waals surface area contributed by atoms with E-state index in [0.29, 0.717) is 37.8 Å². The SMILES string of the molecule is Cc1cc(NC(=O)CN2CCN(C(=O)C3CC3c3ccc(F)cc3)CC2)no1. The first-order chi connectivity index (χ1) is 13.5. The summed E-state index contributed by atoms with van der Waals surface area (Å²) in [6.07, 6.45) is 0.824. The molecule has 7 nitrogen and oxygen atoms in total. The Balaban J connectivity index is 1.22. The number of carbonyl (C=O) groups is 2. The smallest absolute Gasteiger partial charge is 0.239 e. The van der Waals surface area contributed by atoms with Crippen LogP contribution in [0.1, 0.15) is 23.7 Å². The molecule has 1 aromatic heterocycles. The molecule has 4 rings (SSSR count). The molecule has 0 radical (unpaired) electrons. The molecule has 28 heavy (non-hydrogen) atoms. The van der Waals surface area contributed by atoms with Gasteiger partial charge >= 0.3 is 0 Å². The highest BCUT2D eigenvalue weighted by Gasteiger charge is 2.46. The standard InChI is InChI=1S/C20H23FN4O3/c1-13-10-18(23-28-13)22-19(26)12-24-6-8-25(9-7-24)20(27)17-11-16(17)14-2-4-15(21)5-3-14/h2-5,10,16-17H,6-9,11-12H2,1H3,(H,22,23,26). The van der Waals surface area contributed by atoms with Gasteiger partial charge in [0.15, 0.2) is 5.82 Å². The molecule has 2 amide bonds. The van der Waals surface area contributed by atoms with Gasteiger partial charge in [0.2, 0.25) is 11.8 Å². The quantitative estimate of drug-likeness (QED) is 0.851. The fourth-order valence-corrected chi connectivity index (χ4v) is 3.72. The first-order valence-electron chi connectivity index (χ1n) is 9.49. The van der Waals surface area contributed by atoms with Crippen molar-refractivity contribution in [2.45, 2.75) is 19.3 Å². The van der Waals surface area contributed by atoms with Gasteiger partial charge in [0.1, 0.15) is 11.6 Å². The fourth-order valence-electron chi connectivity index (χ4n) is 3.72. The number of benzene rings is 1. The number of rotatable bonds is 5. The van der Waals surface area contributed by atoms with Gasteiger partial charge in [0.05, 0.1) is 6.54 Å². The number of nitrogens with one attached hydrogen (secondary N) is 1. The number of nitrogens with zero attached hydrogens (tertiary/aromatic N) is 3. The molecule has 1 aromatic carbocycles. The van der Waals surface area contributed by atoms with Gasteiger partial charge in [-0.15, -0.1) is 0 Å². The van der Waals surface area contributed by atoms with E-state index in [1.165, 1.54) is 12.1 Å². The van der Waals surface area contributed by atoms with Crippen molar-refractivity contribution in [3.63, 3.8) is 0 Å². The van der Waals surface area contributed by atoms with Crippen LogP contribution in [0.4, 0.5) is 10.2 Å². The predicted octanol–water partition coefficient (Wildman–Crippen LogP) is 2.01. The minimum Gasteiger partial charge on any atom is -0.360 e. The zero-order valence-corrected chi connectivity index (χ0v) is 15.7. The number of aromatic nitrogens is 1. The van der Waals surface area contributed by atoms with Crippen molar-refractivity contribution in [2.24, 2.45) is 5.92 Å². The van der Waals surface area contributed by atoms with Crippen LogP contribution in [0.3, 0.4) is 0 Å². The molecule has 1 saturated heterocycles. The highest BCUT2D eigenvalue weighted by Crippen LogP contribution is 2.48. The van der Waals surface area contributed by atoms with Crippen molar-refractivity contribution in [1.82, 2.24) is 15.0 Å². The summed E-state index contributed by atoms with van der Waals surface area (Å²) in [5.74, 6) is 1.01. The van der Waals surface area contributed by atoms with E-state index in [-0.39, 0.29) is 36.0 Å². The summed E-state index contributed by atoms with van der Waals surface area (Å²) in [6.45, 7) is 4.56. The Kier molecular flexibility index (Phi) is 5.13. The monoisotopic (exact) mass is 386 g/mol. The van der Waals surface area contributed by atoms with Crippen LogP contribution >= 0.6 is 0 Å². The lowest BCUT2D eigenvalue weighted by atomic mass is 10.1. The van der Waals surface area contributed by atoms with Gasteiger partial charge in [-0.2, -0.15) is 0 Å². The number of hydrogen-bond acceptors (Lipinski definition) is 5. The molecule has 2 aliphatic rings. The van der Waals surface area contributed by atoms with Crippen LogP contribution in [0.2, 0.25) is 0 Å². The minimum atomic E-state index is -0.258. The van der Waals surface area contributed by atoms with Crippen LogP contribution < -0.4 is 5.32 Å². The third-order valence-electron chi connectivity index (χ3n) is 5.35. The van der Waals surface area contributed by atoms with Crippen molar-refractivity contribution in [1.29, 1.82) is 0 Å². The Bertz CT molecular complexity index is 859. The van der Waals surface area contributed by atoms with Crippen molar-refractivity contribution in [2.75, 3.05) is 38.0 Å². The van der Waals surface area contributed by atoms with Gasteiger partial charge in [0.25, 0.3) is 0 Å². The lowest BCUT2D eigenvalue weighted by Gasteiger charge is -2.34. The summed E-state index contributed by atoms with van der Waals surface area (Å²) in [7, 11) is 0. The largest absolute Gasteiger partial charge is 0.360 e. The molecule has 0 bridgehead atoms. The van der Waals surface area contributed by atoms with Gasteiger partial charge in [-0.3, -0.25) is 14.5 Å². The van der Waals surface area contributed by atoms with E-state index in [4.69, 9.17) is 4.52 Å². The number of aryl methyl sites for hydroxylation is 1. The molecule has 1 aliphatic heterocycles. The molecule has 1 aliphatic carbocycles. The summed E-state index contributed by atoms with van der Waals surface area (Å²) >= 11 is 0. The third kappa shape index (κ3) is 4.22. The maximum absolute atomic E-state index is 13.1. The average molecular weight is 386 g/mol. The van der Waals surface area contributed by atoms with Crippen molar-refractivity contribution >= 4 is 17.6 Å². The number of piperazine rings is 1. The summed E-state index contributed by atoms with van der Waals surface area (Å²) in [6, 6.07) is 8.08. The highest BCUT2D eigenvalue weighted by molar-refractivity contribution is 5.91. The topological polar surface area (TPSA) is 78.7 Å². The second-order valence-corrected chi connectivity index (χ2v) is 7.47. The van der Waals surface area contributed by atoms with E-state index in [1.807, 2.05) is 9.80 Å². The van der Waals surface area contributed by atoms with Gasteiger partial charge in [-0.05, 0) is 37.0 Å². The van der Waals surface area contributed by atoms with E-state index >= 15 is 0 Å². The average Bonchev–Trinajstić information content (AvgIpc) is 3.38. The Morgan fingerprint density at radius 3 is 2.57 bits per heavy atom. The van der Waals surface area contributed by atoms with E-state index in [1.54, 1.807) is 25.1 Å². The molecule has 2 atom stereocenters. The van der Waals surface area contributed by atoms with E-state index in [0.717, 1.165) is 12.0 Å². The summed E-state index contributed by atoms with van der Waals surface area (Å²) in [4.78, 5) is 28.7. The Morgan fingerprint density at radius 1 is 1.21 bits per heavy atom. The zero-order chi connectivity index (χ0) is 19.7. The molecular weight excluding hydrogens is 363 g/mol. The van der Waals surface area contributed by atoms with Crippen LogP contribution in [0.5, 0.6) is 0 Å². The number of amides is 2. The lowest BCUT2D eigenvalue weighted by Crippen LogP contribution is -2.51. The van der Waals surface area contributed by atoms with Crippen LogP contribution in [0.15, 0.2) is 34.9 Å². The number of anilines is 1. The van der Waals surface area contributed by atoms with Crippen LogP contribution in [0, 0.1) is 18.7 Å². The lowest BCUT2D eigenvalue weighted by molar-refractivity contribution is -0.134. The zero-order valence-electron chi connectivity index (χ0n) is 15.7. The van der Waals surface area contributed by atoms with Crippen molar-refractivity contribution < 1.29 is 18.5 Å². The fraction of sp³-hybridized carbons (Fsp3) is 0.450. The molecule has 1 saturated carbocycles. The molecule has 2 heterocycles. The Hall–Kier alpha value is -2.74. The molecule has 1 N–H and O–H groups in total. The maximum atomic E-state index is 13.1. The maximum Gasteiger partial charge on any atom is 0.239 e. The van der Waals surface area contributed by atoms with Gasteiger partial charge < -0.3 is 14.7 Å². The second-order valence-electron chi connectivity index (χ2n) is 7.47. The van der Waals surface area contributed by atoms with Gasteiger partial charge in [-0.25, -0.2) is 4.39 Å². The van der Waals surface area contributed by atoms with Crippen LogP contribution in [-0.2, 0) is 9.59 Å². The predicted molar refractivity (Wildman–Crippen MR) is 100 cm³/mol. The molecule has 148 valence electrons. The van der Waals surface area contributed by atoms with E-state index < -0.39 is 0 Å². The molecule has 2 aromatic rings. The van der Waals surface area contributed by atoms with Crippen molar-refractivity contribution in [3.05, 3.63) is 47.5 Å². The number of carbonyl (C=O) groups excluding carboxylic acids is 2. The van der Waals surface area contributed by atoms with E-state index in [2.05, 4.69) is 10.5 Å². The number of halogens is 1.